The first-order valence-corrected chi connectivity index (χ1v) is 5.71. The normalized spacial score (nSPS) is 35.6. The van der Waals surface area contributed by atoms with Crippen LogP contribution in [0.5, 0.6) is 0 Å². The molecule has 1 N–H and O–H groups in total. The predicted molar refractivity (Wildman–Crippen MR) is 52.2 cm³/mol. The Morgan fingerprint density at radius 2 is 1.53 bits per heavy atom. The first-order valence-electron chi connectivity index (χ1n) is 5.71. The van der Waals surface area contributed by atoms with Crippen LogP contribution < -0.4 is 0 Å². The lowest BCUT2D eigenvalue weighted by Crippen LogP contribution is -2.43. The molecule has 0 aromatic heterocycles. The summed E-state index contributed by atoms with van der Waals surface area (Å²) in [6.07, 6.45) is 5.38. The van der Waals surface area contributed by atoms with E-state index in [-0.39, 0.29) is 5.91 Å². The highest BCUT2D eigenvalue weighted by Gasteiger charge is 2.61. The number of hydrogen-bond donors (Lipinski definition) is 1. The van der Waals surface area contributed by atoms with Gasteiger partial charge in [0.2, 0.25) is 5.91 Å². The first kappa shape index (κ1) is 9.19. The molecule has 0 aromatic rings. The molecule has 0 unspecified atom stereocenters. The summed E-state index contributed by atoms with van der Waals surface area (Å²) in [4.78, 5) is 25.1. The number of aliphatic carboxylic acids is 1. The Kier molecular flexibility index (Phi) is 1.68. The Bertz CT molecular complexity index is 315. The van der Waals surface area contributed by atoms with Gasteiger partial charge in [-0.3, -0.25) is 9.59 Å². The van der Waals surface area contributed by atoms with Crippen LogP contribution in [0.2, 0.25) is 0 Å². The van der Waals surface area contributed by atoms with Crippen molar-refractivity contribution in [1.29, 1.82) is 0 Å². The van der Waals surface area contributed by atoms with Crippen molar-refractivity contribution in [2.24, 2.45) is 5.41 Å². The smallest absolute Gasteiger partial charge is 0.319 e. The third-order valence-electron chi connectivity index (χ3n) is 4.26. The number of carboxylic acid groups (broad SMARTS) is 1. The standard InChI is InChI=1S/C11H15NO3/c13-9(11(5-6-11)10(14)15)12-7-1-2-8(12)4-3-7/h7-8H,1-6H2,(H,14,15). The van der Waals surface area contributed by atoms with Gasteiger partial charge in [0.05, 0.1) is 0 Å². The maximum absolute atomic E-state index is 12.2. The van der Waals surface area contributed by atoms with E-state index in [9.17, 15) is 9.59 Å². The molecular formula is C11H15NO3. The van der Waals surface area contributed by atoms with Gasteiger partial charge in [0.1, 0.15) is 5.41 Å². The van der Waals surface area contributed by atoms with Crippen molar-refractivity contribution >= 4 is 11.9 Å². The zero-order chi connectivity index (χ0) is 10.6. The average molecular weight is 209 g/mol. The predicted octanol–water partition coefficient (Wildman–Crippen LogP) is 1.00. The molecule has 0 atom stereocenters. The van der Waals surface area contributed by atoms with Gasteiger partial charge in [-0.05, 0) is 38.5 Å². The molecule has 3 fully saturated rings. The lowest BCUT2D eigenvalue weighted by molar-refractivity contribution is -0.154. The highest BCUT2D eigenvalue weighted by atomic mass is 16.4. The third-order valence-corrected chi connectivity index (χ3v) is 4.26. The van der Waals surface area contributed by atoms with Crippen LogP contribution in [0.25, 0.3) is 0 Å². The topological polar surface area (TPSA) is 57.6 Å². The average Bonchev–Trinajstić information content (AvgIpc) is 2.84. The van der Waals surface area contributed by atoms with Gasteiger partial charge >= 0.3 is 5.97 Å². The molecule has 4 nitrogen and oxygen atoms in total. The second-order valence-corrected chi connectivity index (χ2v) is 5.06. The van der Waals surface area contributed by atoms with Crippen LogP contribution in [-0.4, -0.2) is 34.0 Å². The van der Waals surface area contributed by atoms with Crippen LogP contribution in [0.3, 0.4) is 0 Å². The molecule has 2 bridgehead atoms. The number of carbonyl (C=O) groups excluding carboxylic acids is 1. The Morgan fingerprint density at radius 3 is 1.87 bits per heavy atom. The van der Waals surface area contributed by atoms with E-state index in [1.54, 1.807) is 0 Å². The van der Waals surface area contributed by atoms with E-state index in [1.165, 1.54) is 0 Å². The number of hydrogen-bond acceptors (Lipinski definition) is 2. The van der Waals surface area contributed by atoms with Crippen molar-refractivity contribution < 1.29 is 14.7 Å². The highest BCUT2D eigenvalue weighted by molar-refractivity contribution is 6.05. The molecule has 2 saturated heterocycles. The first-order chi connectivity index (χ1) is 7.15. The molecule has 82 valence electrons. The largest absolute Gasteiger partial charge is 0.480 e. The molecule has 2 aliphatic heterocycles. The van der Waals surface area contributed by atoms with Crippen molar-refractivity contribution in [1.82, 2.24) is 4.90 Å². The monoisotopic (exact) mass is 209 g/mol. The molecule has 0 radical (unpaired) electrons. The lowest BCUT2D eigenvalue weighted by atomic mass is 10.0. The highest BCUT2D eigenvalue weighted by Crippen LogP contribution is 2.51. The molecule has 1 aliphatic carbocycles. The number of nitrogens with zero attached hydrogens (tertiary/aromatic N) is 1. The van der Waals surface area contributed by atoms with Crippen LogP contribution in [0.1, 0.15) is 38.5 Å². The van der Waals surface area contributed by atoms with Crippen molar-refractivity contribution in [3.63, 3.8) is 0 Å². The van der Waals surface area contributed by atoms with Crippen LogP contribution >= 0.6 is 0 Å². The SMILES string of the molecule is O=C(O)C1(C(=O)N2C3CCC2CC3)CC1. The fourth-order valence-corrected chi connectivity index (χ4v) is 3.14. The third kappa shape index (κ3) is 1.08. The van der Waals surface area contributed by atoms with E-state index in [0.717, 1.165) is 25.7 Å². The summed E-state index contributed by atoms with van der Waals surface area (Å²) in [6.45, 7) is 0. The van der Waals surface area contributed by atoms with Crippen LogP contribution in [0.4, 0.5) is 0 Å². The Labute approximate surface area is 88.2 Å². The van der Waals surface area contributed by atoms with E-state index in [0.29, 0.717) is 24.9 Å². The molecule has 0 spiro atoms. The molecule has 0 aromatic carbocycles. The second-order valence-electron chi connectivity index (χ2n) is 5.06. The van der Waals surface area contributed by atoms with Crippen LogP contribution in [0.15, 0.2) is 0 Å². The quantitative estimate of drug-likeness (QED) is 0.690. The summed E-state index contributed by atoms with van der Waals surface area (Å²) in [5.74, 6) is -1.01. The Hall–Kier alpha value is -1.06. The van der Waals surface area contributed by atoms with Gasteiger partial charge in [-0.25, -0.2) is 0 Å². The van der Waals surface area contributed by atoms with Crippen molar-refractivity contribution in [2.45, 2.75) is 50.6 Å². The number of carbonyl (C=O) groups is 2. The molecule has 1 saturated carbocycles. The maximum atomic E-state index is 12.2. The summed E-state index contributed by atoms with van der Waals surface area (Å²) in [7, 11) is 0. The van der Waals surface area contributed by atoms with Crippen molar-refractivity contribution in [3.05, 3.63) is 0 Å². The van der Waals surface area contributed by atoms with E-state index >= 15 is 0 Å². The molecule has 3 rings (SSSR count). The van der Waals surface area contributed by atoms with Gasteiger partial charge in [-0.1, -0.05) is 0 Å². The molecule has 1 amide bonds. The number of carboxylic acids is 1. The number of rotatable bonds is 2. The summed E-state index contributed by atoms with van der Waals surface area (Å²) in [5.41, 5.74) is -1.02. The van der Waals surface area contributed by atoms with Crippen molar-refractivity contribution in [2.75, 3.05) is 0 Å². The summed E-state index contributed by atoms with van der Waals surface area (Å²) >= 11 is 0. The maximum Gasteiger partial charge on any atom is 0.319 e. The molecule has 2 heterocycles. The van der Waals surface area contributed by atoms with E-state index < -0.39 is 11.4 Å². The molecular weight excluding hydrogens is 194 g/mol. The summed E-state index contributed by atoms with van der Waals surface area (Å²) < 4.78 is 0. The zero-order valence-electron chi connectivity index (χ0n) is 8.61. The Morgan fingerprint density at radius 1 is 1.07 bits per heavy atom. The summed E-state index contributed by atoms with van der Waals surface area (Å²) in [5, 5.41) is 9.08. The number of amides is 1. The number of fused-ring (bicyclic) bond motifs is 2. The van der Waals surface area contributed by atoms with Crippen LogP contribution in [-0.2, 0) is 9.59 Å². The van der Waals surface area contributed by atoms with Crippen molar-refractivity contribution in [3.8, 4) is 0 Å². The minimum atomic E-state index is -1.02. The molecule has 4 heteroatoms. The Balaban J connectivity index is 1.84. The van der Waals surface area contributed by atoms with Gasteiger partial charge in [-0.15, -0.1) is 0 Å². The molecule has 3 aliphatic rings. The van der Waals surface area contributed by atoms with Gasteiger partial charge < -0.3 is 10.0 Å². The van der Waals surface area contributed by atoms with Gasteiger partial charge in [0.15, 0.2) is 0 Å². The van der Waals surface area contributed by atoms with Gasteiger partial charge in [-0.2, -0.15) is 0 Å². The minimum Gasteiger partial charge on any atom is -0.480 e. The van der Waals surface area contributed by atoms with E-state index in [1.807, 2.05) is 4.90 Å². The van der Waals surface area contributed by atoms with Crippen LogP contribution in [0, 0.1) is 5.41 Å². The molecule has 15 heavy (non-hydrogen) atoms. The second kappa shape index (κ2) is 2.74. The minimum absolute atomic E-state index is 0.0972. The zero-order valence-corrected chi connectivity index (χ0v) is 8.61. The van der Waals surface area contributed by atoms with Gasteiger partial charge in [0, 0.05) is 12.1 Å². The lowest BCUT2D eigenvalue weighted by Gasteiger charge is -2.25. The van der Waals surface area contributed by atoms with E-state index in [2.05, 4.69) is 0 Å². The van der Waals surface area contributed by atoms with E-state index in [4.69, 9.17) is 5.11 Å². The fraction of sp³-hybridized carbons (Fsp3) is 0.818. The fourth-order valence-electron chi connectivity index (χ4n) is 3.14. The van der Waals surface area contributed by atoms with Gasteiger partial charge in [0.25, 0.3) is 0 Å². The summed E-state index contributed by atoms with van der Waals surface area (Å²) in [6, 6.07) is 0.693.